The molecule has 1 heteroatoms. The van der Waals surface area contributed by atoms with E-state index in [1.807, 2.05) is 0 Å². The molecule has 0 amide bonds. The molecule has 0 radical (unpaired) electrons. The number of hydrogen-bond donors (Lipinski definition) is 1. The Labute approximate surface area is 117 Å². The Morgan fingerprint density at radius 2 is 1.74 bits per heavy atom. The van der Waals surface area contributed by atoms with Gasteiger partial charge in [0.15, 0.2) is 0 Å². The lowest BCUT2D eigenvalue weighted by Crippen LogP contribution is -2.46. The highest BCUT2D eigenvalue weighted by molar-refractivity contribution is 5.24. The number of nitrogens with two attached hydrogens (primary N) is 1. The molecule has 0 spiro atoms. The van der Waals surface area contributed by atoms with Gasteiger partial charge in [-0.25, -0.2) is 0 Å². The lowest BCUT2D eigenvalue weighted by Gasteiger charge is -2.38. The highest BCUT2D eigenvalue weighted by Gasteiger charge is 2.39. The third kappa shape index (κ3) is 3.20. The van der Waals surface area contributed by atoms with Gasteiger partial charge in [-0.2, -0.15) is 0 Å². The molecule has 1 aromatic rings. The molecule has 19 heavy (non-hydrogen) atoms. The maximum absolute atomic E-state index is 6.72. The summed E-state index contributed by atoms with van der Waals surface area (Å²) in [6.07, 6.45) is 10.4. The summed E-state index contributed by atoms with van der Waals surface area (Å²) in [6, 6.07) is 9.10. The fourth-order valence-corrected chi connectivity index (χ4v) is 3.87. The van der Waals surface area contributed by atoms with Crippen LogP contribution in [0.4, 0.5) is 0 Å². The molecule has 104 valence electrons. The molecule has 2 aliphatic carbocycles. The predicted molar refractivity (Wildman–Crippen MR) is 81.1 cm³/mol. The second kappa shape index (κ2) is 5.28. The normalized spacial score (nSPS) is 31.4. The standard InChI is InChI=1S/C18H27N/c1-2-14-5-7-15(8-6-14)12-18(19)11-3-4-17(13-18)16-9-10-16/h5-8,16-17H,2-4,9-13,19H2,1H3. The lowest BCUT2D eigenvalue weighted by molar-refractivity contribution is 0.204. The summed E-state index contributed by atoms with van der Waals surface area (Å²) in [5.41, 5.74) is 9.64. The van der Waals surface area contributed by atoms with E-state index in [4.69, 9.17) is 5.73 Å². The van der Waals surface area contributed by atoms with Gasteiger partial charge in [0, 0.05) is 5.54 Å². The van der Waals surface area contributed by atoms with Crippen molar-refractivity contribution in [3.63, 3.8) is 0 Å². The molecule has 0 aromatic heterocycles. The van der Waals surface area contributed by atoms with Crippen LogP contribution in [-0.2, 0) is 12.8 Å². The highest BCUT2D eigenvalue weighted by Crippen LogP contribution is 2.46. The van der Waals surface area contributed by atoms with Crippen LogP contribution in [0.2, 0.25) is 0 Å². The molecule has 2 atom stereocenters. The third-order valence-corrected chi connectivity index (χ3v) is 5.19. The molecule has 0 heterocycles. The van der Waals surface area contributed by atoms with E-state index < -0.39 is 0 Å². The van der Waals surface area contributed by atoms with Gasteiger partial charge in [-0.05, 0) is 61.5 Å². The molecule has 2 N–H and O–H groups in total. The smallest absolute Gasteiger partial charge is 0.0197 e. The first-order chi connectivity index (χ1) is 9.18. The summed E-state index contributed by atoms with van der Waals surface area (Å²) < 4.78 is 0. The van der Waals surface area contributed by atoms with Crippen LogP contribution in [0.5, 0.6) is 0 Å². The largest absolute Gasteiger partial charge is 0.325 e. The maximum Gasteiger partial charge on any atom is 0.0197 e. The first-order valence-electron chi connectivity index (χ1n) is 8.05. The van der Waals surface area contributed by atoms with Crippen LogP contribution >= 0.6 is 0 Å². The Bertz CT molecular complexity index is 418. The highest BCUT2D eigenvalue weighted by atomic mass is 14.8. The summed E-state index contributed by atoms with van der Waals surface area (Å²) in [5.74, 6) is 1.94. The van der Waals surface area contributed by atoms with Crippen LogP contribution in [0.1, 0.15) is 56.6 Å². The van der Waals surface area contributed by atoms with Crippen molar-refractivity contribution in [1.82, 2.24) is 0 Å². The zero-order chi connectivity index (χ0) is 13.3. The van der Waals surface area contributed by atoms with Gasteiger partial charge in [-0.1, -0.05) is 44.0 Å². The van der Waals surface area contributed by atoms with Crippen molar-refractivity contribution >= 4 is 0 Å². The van der Waals surface area contributed by atoms with E-state index in [0.29, 0.717) is 0 Å². The minimum absolute atomic E-state index is 0.0687. The first-order valence-corrected chi connectivity index (χ1v) is 8.05. The summed E-state index contributed by atoms with van der Waals surface area (Å²) >= 11 is 0. The molecular weight excluding hydrogens is 230 g/mol. The molecule has 2 unspecified atom stereocenters. The van der Waals surface area contributed by atoms with Crippen LogP contribution in [0.25, 0.3) is 0 Å². The van der Waals surface area contributed by atoms with E-state index in [0.717, 1.165) is 24.7 Å². The van der Waals surface area contributed by atoms with Crippen molar-refractivity contribution in [1.29, 1.82) is 0 Å². The van der Waals surface area contributed by atoms with Crippen LogP contribution < -0.4 is 5.73 Å². The zero-order valence-corrected chi connectivity index (χ0v) is 12.2. The number of aryl methyl sites for hydroxylation is 1. The monoisotopic (exact) mass is 257 g/mol. The maximum atomic E-state index is 6.72. The second-order valence-electron chi connectivity index (χ2n) is 6.90. The second-order valence-corrected chi connectivity index (χ2v) is 6.90. The summed E-state index contributed by atoms with van der Waals surface area (Å²) in [6.45, 7) is 2.21. The Hall–Kier alpha value is -0.820. The fraction of sp³-hybridized carbons (Fsp3) is 0.667. The molecule has 1 aromatic carbocycles. The zero-order valence-electron chi connectivity index (χ0n) is 12.2. The lowest BCUT2D eigenvalue weighted by atomic mass is 9.72. The minimum Gasteiger partial charge on any atom is -0.325 e. The van der Waals surface area contributed by atoms with Crippen molar-refractivity contribution in [2.24, 2.45) is 17.6 Å². The van der Waals surface area contributed by atoms with Crippen LogP contribution in [-0.4, -0.2) is 5.54 Å². The molecule has 1 nitrogen and oxygen atoms in total. The van der Waals surface area contributed by atoms with E-state index >= 15 is 0 Å². The Morgan fingerprint density at radius 1 is 1.05 bits per heavy atom. The Kier molecular flexibility index (Phi) is 3.66. The third-order valence-electron chi connectivity index (χ3n) is 5.19. The molecule has 0 saturated heterocycles. The van der Waals surface area contributed by atoms with E-state index in [1.165, 1.54) is 49.7 Å². The average Bonchev–Trinajstić information content (AvgIpc) is 3.23. The number of rotatable bonds is 4. The Morgan fingerprint density at radius 3 is 2.37 bits per heavy atom. The van der Waals surface area contributed by atoms with Crippen LogP contribution in [0.3, 0.4) is 0 Å². The van der Waals surface area contributed by atoms with E-state index in [-0.39, 0.29) is 5.54 Å². The van der Waals surface area contributed by atoms with Gasteiger partial charge in [0.1, 0.15) is 0 Å². The quantitative estimate of drug-likeness (QED) is 0.864. The van der Waals surface area contributed by atoms with Gasteiger partial charge < -0.3 is 5.73 Å². The van der Waals surface area contributed by atoms with Gasteiger partial charge in [0.05, 0.1) is 0 Å². The molecule has 2 saturated carbocycles. The summed E-state index contributed by atoms with van der Waals surface area (Å²) in [4.78, 5) is 0. The van der Waals surface area contributed by atoms with Gasteiger partial charge in [0.25, 0.3) is 0 Å². The van der Waals surface area contributed by atoms with Gasteiger partial charge in [-0.15, -0.1) is 0 Å². The molecule has 2 fully saturated rings. The molecule has 2 aliphatic rings. The van der Waals surface area contributed by atoms with Gasteiger partial charge >= 0.3 is 0 Å². The molecule has 3 rings (SSSR count). The fourth-order valence-electron chi connectivity index (χ4n) is 3.87. The van der Waals surface area contributed by atoms with Crippen molar-refractivity contribution in [3.8, 4) is 0 Å². The minimum atomic E-state index is 0.0687. The first kappa shape index (κ1) is 13.2. The van der Waals surface area contributed by atoms with Gasteiger partial charge in [-0.3, -0.25) is 0 Å². The van der Waals surface area contributed by atoms with E-state index in [9.17, 15) is 0 Å². The number of benzene rings is 1. The average molecular weight is 257 g/mol. The van der Waals surface area contributed by atoms with Crippen molar-refractivity contribution in [2.45, 2.75) is 63.8 Å². The van der Waals surface area contributed by atoms with Crippen molar-refractivity contribution in [2.75, 3.05) is 0 Å². The van der Waals surface area contributed by atoms with Crippen LogP contribution in [0, 0.1) is 11.8 Å². The molecule has 0 bridgehead atoms. The van der Waals surface area contributed by atoms with Crippen molar-refractivity contribution in [3.05, 3.63) is 35.4 Å². The topological polar surface area (TPSA) is 26.0 Å². The number of hydrogen-bond acceptors (Lipinski definition) is 1. The van der Waals surface area contributed by atoms with E-state index in [2.05, 4.69) is 31.2 Å². The van der Waals surface area contributed by atoms with Crippen molar-refractivity contribution < 1.29 is 0 Å². The summed E-state index contributed by atoms with van der Waals surface area (Å²) in [7, 11) is 0. The Balaban J connectivity index is 1.65. The summed E-state index contributed by atoms with van der Waals surface area (Å²) in [5, 5.41) is 0. The molecular formula is C18H27N. The van der Waals surface area contributed by atoms with Crippen LogP contribution in [0.15, 0.2) is 24.3 Å². The SMILES string of the molecule is CCc1ccc(CC2(N)CCCC(C3CC3)C2)cc1. The molecule has 0 aliphatic heterocycles. The predicted octanol–water partition coefficient (Wildman–Crippen LogP) is 4.09. The van der Waals surface area contributed by atoms with Gasteiger partial charge in [0.2, 0.25) is 0 Å². The van der Waals surface area contributed by atoms with E-state index in [1.54, 1.807) is 0 Å².